The van der Waals surface area contributed by atoms with Gasteiger partial charge in [0, 0.05) is 17.7 Å². The first-order valence-electron chi connectivity index (χ1n) is 17.4. The molecule has 0 spiro atoms. The molecule has 4 aliphatic rings. The average Bonchev–Trinajstić information content (AvgIpc) is 3.73. The Hall–Kier alpha value is -4.21. The number of carbonyl (C=O) groups excluding carboxylic acids is 1. The molecule has 4 saturated heterocycles. The minimum absolute atomic E-state index is 0.0213. The Morgan fingerprint density at radius 3 is 2.13 bits per heavy atom. The van der Waals surface area contributed by atoms with Crippen molar-refractivity contribution in [1.82, 2.24) is 0 Å². The highest BCUT2D eigenvalue weighted by Crippen LogP contribution is 2.46. The van der Waals surface area contributed by atoms with E-state index in [2.05, 4.69) is 0 Å². The monoisotopic (exact) mass is 712 g/mol. The van der Waals surface area contributed by atoms with E-state index in [1.165, 1.54) is 0 Å². The number of hydrogen-bond acceptors (Lipinski definition) is 12. The number of fused-ring (bicyclic) bond motifs is 2. The van der Waals surface area contributed by atoms with Gasteiger partial charge in [0.1, 0.15) is 36.8 Å². The lowest BCUT2D eigenvalue weighted by molar-refractivity contribution is -0.368. The Kier molecular flexibility index (Phi) is 10.3. The quantitative estimate of drug-likeness (QED) is 0.215. The number of carbonyl (C=O) groups is 1. The summed E-state index contributed by atoms with van der Waals surface area (Å²) in [5, 5.41) is 21.4. The topological polar surface area (TPSA) is 141 Å². The second kappa shape index (κ2) is 15.4. The maximum absolute atomic E-state index is 13.0. The number of esters is 1. The molecule has 52 heavy (non-hydrogen) atoms. The zero-order valence-electron chi connectivity index (χ0n) is 28.2. The molecule has 2 N–H and O–H groups in total. The number of aliphatic hydroxyl groups excluding tert-OH is 2. The summed E-state index contributed by atoms with van der Waals surface area (Å²) >= 11 is 0. The van der Waals surface area contributed by atoms with Gasteiger partial charge in [-0.1, -0.05) is 91.0 Å². The Morgan fingerprint density at radius 1 is 0.769 bits per heavy atom. The molecule has 0 aromatic heterocycles. The smallest absolute Gasteiger partial charge is 0.338 e. The number of aliphatic hydroxyl groups is 2. The summed E-state index contributed by atoms with van der Waals surface area (Å²) in [6.45, 7) is -0.0466. The molecule has 4 fully saturated rings. The molecule has 10 atom stereocenters. The summed E-state index contributed by atoms with van der Waals surface area (Å²) in [4.78, 5) is 13.0. The predicted octanol–water partition coefficient (Wildman–Crippen LogP) is 4.25. The van der Waals surface area contributed by atoms with E-state index < -0.39 is 67.3 Å². The maximum atomic E-state index is 13.0. The number of hydrogen-bond donors (Lipinski definition) is 2. The van der Waals surface area contributed by atoms with Gasteiger partial charge in [0.05, 0.1) is 18.8 Å². The molecule has 8 rings (SSSR count). The van der Waals surface area contributed by atoms with Gasteiger partial charge in [-0.15, -0.1) is 0 Å². The van der Waals surface area contributed by atoms with Crippen LogP contribution in [0.5, 0.6) is 5.75 Å². The lowest BCUT2D eigenvalue weighted by Crippen LogP contribution is -2.64. The first-order chi connectivity index (χ1) is 25.5. The van der Waals surface area contributed by atoms with Crippen LogP contribution in [0.25, 0.3) is 0 Å². The van der Waals surface area contributed by atoms with E-state index in [0.29, 0.717) is 17.7 Å². The Morgan fingerprint density at radius 2 is 1.44 bits per heavy atom. The zero-order chi connectivity index (χ0) is 35.5. The number of rotatable bonds is 11. The normalized spacial score (nSPS) is 32.5. The van der Waals surface area contributed by atoms with Crippen molar-refractivity contribution < 1.29 is 57.6 Å². The maximum Gasteiger partial charge on any atom is 0.338 e. The molecule has 4 aliphatic heterocycles. The van der Waals surface area contributed by atoms with Gasteiger partial charge in [-0.2, -0.15) is 0 Å². The highest BCUT2D eigenvalue weighted by Gasteiger charge is 2.62. The van der Waals surface area contributed by atoms with Crippen LogP contribution >= 0.6 is 0 Å². The van der Waals surface area contributed by atoms with Gasteiger partial charge in [-0.25, -0.2) is 4.79 Å². The van der Waals surface area contributed by atoms with Gasteiger partial charge < -0.3 is 52.8 Å². The minimum atomic E-state index is -1.26. The molecule has 0 radical (unpaired) electrons. The van der Waals surface area contributed by atoms with Gasteiger partial charge >= 0.3 is 5.97 Å². The summed E-state index contributed by atoms with van der Waals surface area (Å²) in [5.41, 5.74) is 1.66. The fourth-order valence-electron chi connectivity index (χ4n) is 6.91. The number of ether oxygens (including phenoxy) is 9. The van der Waals surface area contributed by atoms with Crippen LogP contribution in [0, 0.1) is 0 Å². The average molecular weight is 713 g/mol. The fourth-order valence-corrected chi connectivity index (χ4v) is 6.91. The molecule has 4 aromatic carbocycles. The lowest BCUT2D eigenvalue weighted by atomic mass is 9.97. The van der Waals surface area contributed by atoms with E-state index in [9.17, 15) is 15.0 Å². The first-order valence-corrected chi connectivity index (χ1v) is 17.4. The molecular formula is C40H40O12. The first kappa shape index (κ1) is 34.9. The molecule has 0 aliphatic carbocycles. The second-order valence-corrected chi connectivity index (χ2v) is 13.1. The standard InChI is InChI=1S/C40H40O12/c41-21-20-25-16-18-29(19-17-25)47-38-33(31(42)32-30(48-38)22-44-36(49-32)27-12-6-2-7-13-27)50-39-34-40(24-46-39,23-45-35(43)26-10-4-1-5-11-26)52-37(51-34)28-14-8-3-9-15-28/h1-19,30-34,36-39,41-42H,20-24H2/t30-,31+,32-,33-,34+,36?,37+,38-,39+,40-/m1/s1. The third-order valence-corrected chi connectivity index (χ3v) is 9.65. The second-order valence-electron chi connectivity index (χ2n) is 13.1. The van der Waals surface area contributed by atoms with Crippen LogP contribution in [-0.2, 0) is 44.3 Å². The van der Waals surface area contributed by atoms with Crippen molar-refractivity contribution in [3.05, 3.63) is 138 Å². The Bertz CT molecular complexity index is 1760. The minimum Gasteiger partial charge on any atom is -0.462 e. The van der Waals surface area contributed by atoms with E-state index in [4.69, 9.17) is 42.6 Å². The third-order valence-electron chi connectivity index (χ3n) is 9.65. The van der Waals surface area contributed by atoms with Gasteiger partial charge in [0.2, 0.25) is 6.29 Å². The zero-order valence-corrected chi connectivity index (χ0v) is 28.2. The van der Waals surface area contributed by atoms with Crippen LogP contribution in [0.4, 0.5) is 0 Å². The fraction of sp³-hybridized carbons (Fsp3) is 0.375. The Labute approximate surface area is 300 Å². The van der Waals surface area contributed by atoms with Crippen LogP contribution in [0.2, 0.25) is 0 Å². The van der Waals surface area contributed by atoms with Crippen LogP contribution in [0.15, 0.2) is 115 Å². The van der Waals surface area contributed by atoms with Gasteiger partial charge in [0.25, 0.3) is 0 Å². The molecule has 1 unspecified atom stereocenters. The van der Waals surface area contributed by atoms with Crippen LogP contribution in [0.3, 0.4) is 0 Å². The molecule has 0 amide bonds. The molecule has 12 heteroatoms. The van der Waals surface area contributed by atoms with Crippen molar-refractivity contribution in [2.45, 2.75) is 67.7 Å². The molecule has 0 saturated carbocycles. The van der Waals surface area contributed by atoms with E-state index in [-0.39, 0.29) is 26.4 Å². The van der Waals surface area contributed by atoms with E-state index in [1.807, 2.05) is 78.9 Å². The third kappa shape index (κ3) is 7.22. The van der Waals surface area contributed by atoms with E-state index in [0.717, 1.165) is 16.7 Å². The van der Waals surface area contributed by atoms with Crippen LogP contribution in [-0.4, -0.2) is 91.3 Å². The molecule has 4 heterocycles. The van der Waals surface area contributed by atoms with Crippen LogP contribution in [0.1, 0.15) is 39.6 Å². The predicted molar refractivity (Wildman–Crippen MR) is 182 cm³/mol. The van der Waals surface area contributed by atoms with Crippen molar-refractivity contribution in [3.8, 4) is 5.75 Å². The highest BCUT2D eigenvalue weighted by molar-refractivity contribution is 5.89. The van der Waals surface area contributed by atoms with E-state index >= 15 is 0 Å². The van der Waals surface area contributed by atoms with Gasteiger partial charge in [-0.05, 0) is 36.2 Å². The van der Waals surface area contributed by atoms with Gasteiger partial charge in [-0.3, -0.25) is 0 Å². The summed E-state index contributed by atoms with van der Waals surface area (Å²) in [6.07, 6.45) is -8.04. The molecule has 4 aromatic rings. The van der Waals surface area contributed by atoms with Crippen molar-refractivity contribution >= 4 is 5.97 Å². The largest absolute Gasteiger partial charge is 0.462 e. The van der Waals surface area contributed by atoms with Crippen molar-refractivity contribution in [1.29, 1.82) is 0 Å². The number of benzene rings is 4. The molecule has 272 valence electrons. The Balaban J connectivity index is 1.05. The van der Waals surface area contributed by atoms with Crippen molar-refractivity contribution in [2.75, 3.05) is 26.4 Å². The van der Waals surface area contributed by atoms with E-state index in [1.54, 1.807) is 36.4 Å². The molecule has 12 nitrogen and oxygen atoms in total. The SMILES string of the molecule is O=C(OC[C@@]12CO[C@@H](O[C@H]3[C@H](Oc4ccc(CCO)cc4)O[C@@H]4COC(c5ccccc5)O[C@H]4[C@@H]3O)[C@@H]1O[C@H](c1ccccc1)O2)c1ccccc1. The summed E-state index contributed by atoms with van der Waals surface area (Å²) < 4.78 is 56.6. The molecular weight excluding hydrogens is 672 g/mol. The summed E-state index contributed by atoms with van der Waals surface area (Å²) in [5.74, 6) is -0.0556. The van der Waals surface area contributed by atoms with Crippen molar-refractivity contribution in [2.24, 2.45) is 0 Å². The lowest BCUT2D eigenvalue weighted by Gasteiger charge is -2.47. The van der Waals surface area contributed by atoms with Crippen molar-refractivity contribution in [3.63, 3.8) is 0 Å². The summed E-state index contributed by atoms with van der Waals surface area (Å²) in [7, 11) is 0. The van der Waals surface area contributed by atoms with Crippen LogP contribution < -0.4 is 4.74 Å². The van der Waals surface area contributed by atoms with Gasteiger partial charge in [0.15, 0.2) is 30.6 Å². The highest BCUT2D eigenvalue weighted by atomic mass is 16.8. The summed E-state index contributed by atoms with van der Waals surface area (Å²) in [6, 6.07) is 34.8. The molecule has 0 bridgehead atoms.